The number of ether oxygens (including phenoxy) is 2. The van der Waals surface area contributed by atoms with E-state index in [0.29, 0.717) is 0 Å². The summed E-state index contributed by atoms with van der Waals surface area (Å²) in [6, 6.07) is 87.3. The number of pyridine rings is 2. The molecule has 0 radical (unpaired) electrons. The van der Waals surface area contributed by atoms with E-state index in [1.54, 1.807) is 0 Å². The van der Waals surface area contributed by atoms with E-state index in [1.165, 1.54) is 128 Å². The molecule has 6 aliphatic heterocycles. The smallest absolute Gasteiger partial charge is 0.447 e. The molecule has 4 aromatic heterocycles. The Morgan fingerprint density at radius 1 is 0.300 bits per heavy atom. The summed E-state index contributed by atoms with van der Waals surface area (Å²) in [5, 5.41) is 0. The molecule has 90 heavy (non-hydrogen) atoms. The van der Waals surface area contributed by atoms with Crippen LogP contribution in [0.3, 0.4) is 0 Å². The van der Waals surface area contributed by atoms with Gasteiger partial charge in [0.1, 0.15) is 34.4 Å². The third kappa shape index (κ3) is 6.68. The van der Waals surface area contributed by atoms with Crippen LogP contribution < -0.4 is 28.0 Å². The number of aromatic nitrogens is 6. The van der Waals surface area contributed by atoms with Crippen molar-refractivity contribution in [2.75, 3.05) is 0 Å². The van der Waals surface area contributed by atoms with Gasteiger partial charge in [0.15, 0.2) is 34.6 Å². The molecule has 0 saturated carbocycles. The molecule has 20 rings (SSSR count). The maximum Gasteiger partial charge on any atom is 0.447 e. The molecule has 2 atom stereocenters. The van der Waals surface area contributed by atoms with Crippen LogP contribution in [0.5, 0.6) is 23.0 Å². The standard InChI is InChI=1S/2C41H29N3O/c1-26-23-31(28-11-5-3-6-12-28)24-27(2)37(26)30-17-19-33-38-32(29-13-7-4-8-14-29)18-20-36-40(38)41(42(33)25-30)39-34(15-9-16-35(39)45-36)43-21-10-22-44(41)43;1-26-21-31(28-11-5-3-6-12-28)22-27(2)38(26)30-17-20-42-35(24-30)33-23-32(29-13-7-4-8-14-29)25-37-39(33)41(42)40-34(15-9-16-36(40)45-37)43-18-10-19-44(41)43/h2*3-25H,1-2H3/q2*+2. The molecular weight excluding hydrogens is 1100 g/mol. The third-order valence-corrected chi connectivity index (χ3v) is 19.8. The predicted octanol–water partition coefficient (Wildman–Crippen LogP) is 16.7. The monoisotopic (exact) mass is 1160 g/mol. The molecule has 14 aromatic rings. The van der Waals surface area contributed by atoms with E-state index in [1.807, 2.05) is 0 Å². The van der Waals surface area contributed by atoms with Crippen molar-refractivity contribution in [1.29, 1.82) is 0 Å². The SMILES string of the molecule is Cc1cc(-c2ccccc2)cc(C)c1-c1cc[n+]2c(c1)-c1cc(-c3ccccc3)cc3c1C21c2c(cccc2-n2ccc[n+]21)O3.Cc1cc(-c2ccccc2)cc(C)c1-c1ccc2[n+](c1)C13c4c(cccc4-n4ccc[n+]41)Oc1ccc(-c4ccccc4)c-2c13. The molecule has 0 saturated heterocycles. The Morgan fingerprint density at radius 3 is 1.34 bits per heavy atom. The molecule has 0 N–H and O–H groups in total. The summed E-state index contributed by atoms with van der Waals surface area (Å²) in [4.78, 5) is 0. The fraction of sp³-hybridized carbons (Fsp3) is 0.0732. The van der Waals surface area contributed by atoms with Crippen LogP contribution in [0.1, 0.15) is 44.5 Å². The van der Waals surface area contributed by atoms with Gasteiger partial charge in [-0.2, -0.15) is 0 Å². The van der Waals surface area contributed by atoms with Gasteiger partial charge < -0.3 is 9.47 Å². The number of benzene rings is 10. The molecule has 0 aliphatic carbocycles. The van der Waals surface area contributed by atoms with Crippen LogP contribution in [0.15, 0.2) is 280 Å². The Morgan fingerprint density at radius 2 is 0.789 bits per heavy atom. The van der Waals surface area contributed by atoms with Crippen LogP contribution in [0.25, 0.3) is 101 Å². The first-order valence-electron chi connectivity index (χ1n) is 31.0. The zero-order chi connectivity index (χ0) is 59.7. The van der Waals surface area contributed by atoms with Crippen molar-refractivity contribution in [3.05, 3.63) is 324 Å². The zero-order valence-electron chi connectivity index (χ0n) is 50.1. The highest BCUT2D eigenvalue weighted by atomic mass is 16.5. The van der Waals surface area contributed by atoms with Gasteiger partial charge in [0, 0.05) is 35.9 Å². The summed E-state index contributed by atoms with van der Waals surface area (Å²) in [6.07, 6.45) is 13.4. The van der Waals surface area contributed by atoms with Gasteiger partial charge >= 0.3 is 11.3 Å². The second-order valence-corrected chi connectivity index (χ2v) is 24.7. The van der Waals surface area contributed by atoms with Crippen molar-refractivity contribution in [1.82, 2.24) is 9.36 Å². The van der Waals surface area contributed by atoms with Gasteiger partial charge in [0.2, 0.25) is 23.8 Å². The van der Waals surface area contributed by atoms with Gasteiger partial charge in [0.25, 0.3) is 0 Å². The van der Waals surface area contributed by atoms with E-state index < -0.39 is 11.3 Å². The van der Waals surface area contributed by atoms with Crippen molar-refractivity contribution in [2.45, 2.75) is 39.0 Å². The predicted molar refractivity (Wildman–Crippen MR) is 351 cm³/mol. The molecule has 10 aromatic carbocycles. The Kier molecular flexibility index (Phi) is 10.4. The first-order chi connectivity index (χ1) is 44.3. The summed E-state index contributed by atoms with van der Waals surface area (Å²) < 4.78 is 27.8. The van der Waals surface area contributed by atoms with Crippen LogP contribution in [-0.2, 0) is 11.3 Å². The van der Waals surface area contributed by atoms with E-state index in [4.69, 9.17) is 9.47 Å². The van der Waals surface area contributed by atoms with Crippen molar-refractivity contribution >= 4 is 0 Å². The molecule has 0 bridgehead atoms. The minimum Gasteiger partial charge on any atom is -0.455 e. The highest BCUT2D eigenvalue weighted by Gasteiger charge is 2.74. The lowest BCUT2D eigenvalue weighted by Crippen LogP contribution is -2.73. The minimum absolute atomic E-state index is 0.581. The molecule has 10 heterocycles. The maximum absolute atomic E-state index is 6.82. The fourth-order valence-corrected chi connectivity index (χ4v) is 16.4. The molecule has 8 heteroatoms. The molecule has 8 nitrogen and oxygen atoms in total. The highest BCUT2D eigenvalue weighted by Crippen LogP contribution is 2.59. The number of fused-ring (bicyclic) bond motifs is 8. The molecule has 6 aliphatic rings. The average Bonchev–Trinajstić information content (AvgIpc) is 1.50. The van der Waals surface area contributed by atoms with Crippen LogP contribution in [0, 0.1) is 27.7 Å². The average molecular weight is 1160 g/mol. The summed E-state index contributed by atoms with van der Waals surface area (Å²) in [6.45, 7) is 8.95. The van der Waals surface area contributed by atoms with Crippen LogP contribution in [0.2, 0.25) is 0 Å². The van der Waals surface area contributed by atoms with Gasteiger partial charge in [-0.05, 0) is 175 Å². The summed E-state index contributed by atoms with van der Waals surface area (Å²) in [5.41, 5.74) is 30.4. The quantitative estimate of drug-likeness (QED) is 0.156. The zero-order valence-corrected chi connectivity index (χ0v) is 50.1. The number of hydrogen-bond donors (Lipinski definition) is 0. The lowest BCUT2D eigenvalue weighted by molar-refractivity contribution is -0.988. The van der Waals surface area contributed by atoms with E-state index >= 15 is 0 Å². The van der Waals surface area contributed by atoms with Crippen molar-refractivity contribution in [2.24, 2.45) is 0 Å². The summed E-state index contributed by atoms with van der Waals surface area (Å²) >= 11 is 0. The van der Waals surface area contributed by atoms with E-state index in [2.05, 4.69) is 335 Å². The molecule has 424 valence electrons. The van der Waals surface area contributed by atoms with Gasteiger partial charge in [-0.15, -0.1) is 18.5 Å². The summed E-state index contributed by atoms with van der Waals surface area (Å²) in [5.74, 6) is 3.62. The molecule has 0 fully saturated rings. The summed E-state index contributed by atoms with van der Waals surface area (Å²) in [7, 11) is 0. The van der Waals surface area contributed by atoms with Crippen molar-refractivity contribution < 1.29 is 28.0 Å². The molecular formula is C82H58N6O2+4. The number of aryl methyl sites for hydroxylation is 4. The van der Waals surface area contributed by atoms with E-state index in [0.717, 1.165) is 39.9 Å². The van der Waals surface area contributed by atoms with Crippen molar-refractivity contribution in [3.8, 4) is 124 Å². The lowest BCUT2D eigenvalue weighted by Gasteiger charge is -2.24. The maximum atomic E-state index is 6.82. The largest absolute Gasteiger partial charge is 0.455 e. The van der Waals surface area contributed by atoms with Crippen molar-refractivity contribution in [3.63, 3.8) is 0 Å². The normalized spacial score (nSPS) is 16.0. The van der Waals surface area contributed by atoms with Crippen LogP contribution in [0.4, 0.5) is 0 Å². The van der Waals surface area contributed by atoms with Gasteiger partial charge in [0.05, 0.1) is 23.5 Å². The molecule has 0 amide bonds. The third-order valence-electron chi connectivity index (χ3n) is 19.8. The number of nitrogens with zero attached hydrogens (tertiary/aromatic N) is 6. The Bertz CT molecular complexity index is 5370. The first kappa shape index (κ1) is 50.6. The van der Waals surface area contributed by atoms with Crippen LogP contribution in [-0.4, -0.2) is 9.36 Å². The van der Waals surface area contributed by atoms with Gasteiger partial charge in [-0.1, -0.05) is 158 Å². The second kappa shape index (κ2) is 18.5. The lowest BCUT2D eigenvalue weighted by atomic mass is 9.84. The molecule has 2 spiro atoms. The van der Waals surface area contributed by atoms with Crippen LogP contribution >= 0.6 is 0 Å². The minimum atomic E-state index is -0.625. The fourth-order valence-electron chi connectivity index (χ4n) is 16.4. The van der Waals surface area contributed by atoms with Gasteiger partial charge in [-0.3, -0.25) is 0 Å². The first-order valence-corrected chi connectivity index (χ1v) is 31.0. The Hall–Kier alpha value is -11.5. The van der Waals surface area contributed by atoms with E-state index in [9.17, 15) is 0 Å². The number of rotatable bonds is 6. The van der Waals surface area contributed by atoms with Gasteiger partial charge in [-0.25, -0.2) is 0 Å². The Balaban J connectivity index is 0.000000130. The number of hydrogen-bond acceptors (Lipinski definition) is 2. The Labute approximate surface area is 521 Å². The topological polar surface area (TPSA) is 43.8 Å². The van der Waals surface area contributed by atoms with E-state index in [-0.39, 0.29) is 0 Å². The highest BCUT2D eigenvalue weighted by molar-refractivity contribution is 5.90. The second-order valence-electron chi connectivity index (χ2n) is 24.7. The molecule has 2 unspecified atom stereocenters.